The van der Waals surface area contributed by atoms with Crippen LogP contribution in [-0.2, 0) is 20.6 Å². The molecule has 1 unspecified atom stereocenters. The molecule has 28 heavy (non-hydrogen) atoms. The number of hydrogen-bond donors (Lipinski definition) is 1. The molecule has 3 rings (SSSR count). The van der Waals surface area contributed by atoms with Gasteiger partial charge in [0.05, 0.1) is 6.54 Å². The van der Waals surface area contributed by atoms with Gasteiger partial charge < -0.3 is 19.3 Å². The molecule has 0 aliphatic heterocycles. The van der Waals surface area contributed by atoms with Crippen LogP contribution in [0.2, 0.25) is 0 Å². The average molecular weight is 387 g/mol. The summed E-state index contributed by atoms with van der Waals surface area (Å²) < 4.78 is 9.72. The standard InChI is InChI=1S/C19H25N5O4/c1-12-8-6-7-9-14(12)28-11-13(25)10-24-15-16(20-18(24)21(2)3)22(4)19(27)23(5)17(15)26/h6-9,13,25H,10-11H2,1-5H3. The third kappa shape index (κ3) is 3.40. The van der Waals surface area contributed by atoms with Crippen molar-refractivity contribution in [3.8, 4) is 5.75 Å². The first-order valence-electron chi connectivity index (χ1n) is 8.92. The van der Waals surface area contributed by atoms with Gasteiger partial charge in [0.25, 0.3) is 5.56 Å². The second-order valence-corrected chi connectivity index (χ2v) is 7.03. The number of aryl methyl sites for hydroxylation is 2. The number of aromatic nitrogens is 4. The lowest BCUT2D eigenvalue weighted by molar-refractivity contribution is 0.0933. The van der Waals surface area contributed by atoms with Crippen molar-refractivity contribution in [2.75, 3.05) is 25.6 Å². The van der Waals surface area contributed by atoms with Crippen molar-refractivity contribution < 1.29 is 9.84 Å². The summed E-state index contributed by atoms with van der Waals surface area (Å²) in [6.45, 7) is 2.09. The molecule has 0 saturated heterocycles. The number of fused-ring (bicyclic) bond motifs is 1. The summed E-state index contributed by atoms with van der Waals surface area (Å²) in [6.07, 6.45) is -0.877. The van der Waals surface area contributed by atoms with Crippen LogP contribution < -0.4 is 20.9 Å². The summed E-state index contributed by atoms with van der Waals surface area (Å²) >= 11 is 0. The van der Waals surface area contributed by atoms with Gasteiger partial charge in [0.15, 0.2) is 11.2 Å². The van der Waals surface area contributed by atoms with Gasteiger partial charge in [0, 0.05) is 28.2 Å². The van der Waals surface area contributed by atoms with E-state index in [4.69, 9.17) is 4.74 Å². The first-order valence-corrected chi connectivity index (χ1v) is 8.92. The fraction of sp³-hybridized carbons (Fsp3) is 0.421. The molecule has 9 nitrogen and oxygen atoms in total. The highest BCUT2D eigenvalue weighted by molar-refractivity contribution is 5.74. The van der Waals surface area contributed by atoms with Crippen molar-refractivity contribution >= 4 is 17.1 Å². The van der Waals surface area contributed by atoms with Crippen molar-refractivity contribution in [3.05, 3.63) is 50.7 Å². The topological polar surface area (TPSA) is 94.5 Å². The second-order valence-electron chi connectivity index (χ2n) is 7.03. The van der Waals surface area contributed by atoms with Crippen LogP contribution in [0.5, 0.6) is 5.75 Å². The average Bonchev–Trinajstić information content (AvgIpc) is 3.03. The van der Waals surface area contributed by atoms with Crippen molar-refractivity contribution in [2.45, 2.75) is 19.6 Å². The van der Waals surface area contributed by atoms with Crippen LogP contribution >= 0.6 is 0 Å². The molecule has 0 aliphatic rings. The number of nitrogens with zero attached hydrogens (tertiary/aromatic N) is 5. The third-order valence-corrected chi connectivity index (χ3v) is 4.65. The van der Waals surface area contributed by atoms with Crippen LogP contribution in [0.4, 0.5) is 5.95 Å². The first kappa shape index (κ1) is 19.7. The summed E-state index contributed by atoms with van der Waals surface area (Å²) in [6, 6.07) is 7.55. The van der Waals surface area contributed by atoms with E-state index in [1.165, 1.54) is 11.6 Å². The number of para-hydroxylation sites is 1. The Bertz CT molecular complexity index is 1130. The fourth-order valence-electron chi connectivity index (χ4n) is 3.12. The number of imidazole rings is 1. The van der Waals surface area contributed by atoms with Gasteiger partial charge >= 0.3 is 5.69 Å². The van der Waals surface area contributed by atoms with Gasteiger partial charge in [-0.1, -0.05) is 18.2 Å². The Morgan fingerprint density at radius 3 is 2.50 bits per heavy atom. The second kappa shape index (κ2) is 7.51. The summed E-state index contributed by atoms with van der Waals surface area (Å²) in [5, 5.41) is 10.6. The molecule has 0 fully saturated rings. The Balaban J connectivity index is 1.97. The molecule has 0 spiro atoms. The number of aliphatic hydroxyl groups excluding tert-OH is 1. The molecule has 0 amide bonds. The number of ether oxygens (including phenoxy) is 1. The summed E-state index contributed by atoms with van der Waals surface area (Å²) in [5.74, 6) is 1.17. The largest absolute Gasteiger partial charge is 0.491 e. The van der Waals surface area contributed by atoms with Gasteiger partial charge in [-0.25, -0.2) is 4.79 Å². The van der Waals surface area contributed by atoms with Crippen LogP contribution in [0.1, 0.15) is 5.56 Å². The molecule has 9 heteroatoms. The molecule has 150 valence electrons. The SMILES string of the molecule is Cc1ccccc1OCC(O)Cn1c(N(C)C)nc2c1c(=O)n(C)c(=O)n2C. The maximum Gasteiger partial charge on any atom is 0.332 e. The molecule has 0 radical (unpaired) electrons. The number of anilines is 1. The van der Waals surface area contributed by atoms with E-state index in [1.807, 2.05) is 31.2 Å². The van der Waals surface area contributed by atoms with Gasteiger partial charge in [-0.2, -0.15) is 4.98 Å². The van der Waals surface area contributed by atoms with E-state index in [1.54, 1.807) is 30.6 Å². The summed E-state index contributed by atoms with van der Waals surface area (Å²) in [4.78, 5) is 31.1. The van der Waals surface area contributed by atoms with Crippen LogP contribution in [-0.4, -0.2) is 50.6 Å². The fourth-order valence-corrected chi connectivity index (χ4v) is 3.12. The van der Waals surface area contributed by atoms with Gasteiger partial charge in [0.2, 0.25) is 5.95 Å². The zero-order valence-electron chi connectivity index (χ0n) is 16.7. The van der Waals surface area contributed by atoms with Crippen molar-refractivity contribution in [1.82, 2.24) is 18.7 Å². The highest BCUT2D eigenvalue weighted by Gasteiger charge is 2.22. The van der Waals surface area contributed by atoms with Crippen molar-refractivity contribution in [2.24, 2.45) is 14.1 Å². The van der Waals surface area contributed by atoms with Gasteiger partial charge in [-0.3, -0.25) is 13.9 Å². The molecule has 3 aromatic rings. The van der Waals surface area contributed by atoms with Crippen LogP contribution in [0.3, 0.4) is 0 Å². The molecule has 1 aromatic carbocycles. The zero-order chi connectivity index (χ0) is 20.6. The highest BCUT2D eigenvalue weighted by Crippen LogP contribution is 2.20. The first-order chi connectivity index (χ1) is 13.2. The Labute approximate surface area is 162 Å². The number of rotatable bonds is 6. The van der Waals surface area contributed by atoms with Gasteiger partial charge in [-0.15, -0.1) is 0 Å². The number of aliphatic hydroxyl groups is 1. The minimum atomic E-state index is -0.877. The third-order valence-electron chi connectivity index (χ3n) is 4.65. The Hall–Kier alpha value is -3.07. The lowest BCUT2D eigenvalue weighted by Crippen LogP contribution is -2.38. The van der Waals surface area contributed by atoms with Gasteiger partial charge in [0.1, 0.15) is 18.5 Å². The molecular weight excluding hydrogens is 362 g/mol. The van der Waals surface area contributed by atoms with Crippen molar-refractivity contribution in [1.29, 1.82) is 0 Å². The maximum atomic E-state index is 12.7. The van der Waals surface area contributed by atoms with E-state index < -0.39 is 17.4 Å². The molecule has 2 aromatic heterocycles. The minimum absolute atomic E-state index is 0.0590. The molecule has 1 N–H and O–H groups in total. The van der Waals surface area contributed by atoms with E-state index >= 15 is 0 Å². The summed E-state index contributed by atoms with van der Waals surface area (Å²) in [5.41, 5.74) is 0.620. The predicted octanol–water partition coefficient (Wildman–Crippen LogP) is 0.248. The van der Waals surface area contributed by atoms with E-state index in [9.17, 15) is 14.7 Å². The zero-order valence-corrected chi connectivity index (χ0v) is 16.7. The molecular formula is C19H25N5O4. The normalized spacial score (nSPS) is 12.4. The molecule has 1 atom stereocenters. The van der Waals surface area contributed by atoms with E-state index in [0.29, 0.717) is 11.7 Å². The Morgan fingerprint density at radius 1 is 1.18 bits per heavy atom. The molecule has 0 aliphatic carbocycles. The number of benzene rings is 1. The Kier molecular flexibility index (Phi) is 5.28. The van der Waals surface area contributed by atoms with Crippen LogP contribution in [0.25, 0.3) is 11.2 Å². The van der Waals surface area contributed by atoms with E-state index in [0.717, 1.165) is 10.1 Å². The predicted molar refractivity (Wildman–Crippen MR) is 107 cm³/mol. The highest BCUT2D eigenvalue weighted by atomic mass is 16.5. The smallest absolute Gasteiger partial charge is 0.332 e. The Morgan fingerprint density at radius 2 is 1.86 bits per heavy atom. The van der Waals surface area contributed by atoms with Crippen molar-refractivity contribution in [3.63, 3.8) is 0 Å². The lowest BCUT2D eigenvalue weighted by Gasteiger charge is -2.18. The van der Waals surface area contributed by atoms with Crippen LogP contribution in [0, 0.1) is 6.92 Å². The van der Waals surface area contributed by atoms with E-state index in [2.05, 4.69) is 4.98 Å². The molecule has 0 saturated carbocycles. The lowest BCUT2D eigenvalue weighted by atomic mass is 10.2. The maximum absolute atomic E-state index is 12.7. The minimum Gasteiger partial charge on any atom is -0.491 e. The van der Waals surface area contributed by atoms with Crippen LogP contribution in [0.15, 0.2) is 33.9 Å². The van der Waals surface area contributed by atoms with Gasteiger partial charge in [-0.05, 0) is 18.6 Å². The monoisotopic (exact) mass is 387 g/mol. The molecule has 2 heterocycles. The quantitative estimate of drug-likeness (QED) is 0.652. The molecule has 0 bridgehead atoms. The number of hydrogen-bond acceptors (Lipinski definition) is 6. The van der Waals surface area contributed by atoms with E-state index in [-0.39, 0.29) is 24.3 Å². The summed E-state index contributed by atoms with van der Waals surface area (Å²) in [7, 11) is 6.57.